The number of amides is 1. The highest BCUT2D eigenvalue weighted by Gasteiger charge is 2.48. The minimum absolute atomic E-state index is 0.0609. The number of benzene rings is 3. The maximum atomic E-state index is 13.9. The first kappa shape index (κ1) is 26.4. The van der Waals surface area contributed by atoms with Crippen molar-refractivity contribution >= 4 is 44.1 Å². The summed E-state index contributed by atoms with van der Waals surface area (Å²) in [5, 5.41) is 11.6. The van der Waals surface area contributed by atoms with Gasteiger partial charge in [-0.25, -0.2) is 9.37 Å². The molecule has 1 N–H and O–H groups in total. The van der Waals surface area contributed by atoms with Crippen LogP contribution in [0.3, 0.4) is 0 Å². The van der Waals surface area contributed by atoms with Gasteiger partial charge < -0.3 is 14.6 Å². The zero-order valence-electron chi connectivity index (χ0n) is 21.5. The van der Waals surface area contributed by atoms with Crippen molar-refractivity contribution in [2.24, 2.45) is 0 Å². The van der Waals surface area contributed by atoms with Crippen LogP contribution in [0.5, 0.6) is 11.5 Å². The Morgan fingerprint density at radius 1 is 1.00 bits per heavy atom. The molecule has 9 heteroatoms. The summed E-state index contributed by atoms with van der Waals surface area (Å²) in [6.45, 7) is 5.01. The number of hydrogen-bond acceptors (Lipinski definition) is 7. The molecular formula is C30H27FN2O5S. The number of ether oxygens (including phenoxy) is 2. The van der Waals surface area contributed by atoms with E-state index >= 15 is 0 Å². The van der Waals surface area contributed by atoms with Crippen molar-refractivity contribution in [3.8, 4) is 11.5 Å². The number of thiazole rings is 1. The molecule has 1 aromatic heterocycles. The highest BCUT2D eigenvalue weighted by Crippen LogP contribution is 2.44. The maximum Gasteiger partial charge on any atom is 0.301 e. The average molecular weight is 547 g/mol. The Labute approximate surface area is 229 Å². The summed E-state index contributed by atoms with van der Waals surface area (Å²) in [7, 11) is 0. The van der Waals surface area contributed by atoms with Crippen LogP contribution in [0.1, 0.15) is 43.9 Å². The second-order valence-electron chi connectivity index (χ2n) is 9.01. The van der Waals surface area contributed by atoms with Gasteiger partial charge in [0.05, 0.1) is 35.0 Å². The molecule has 1 aliphatic rings. The van der Waals surface area contributed by atoms with Crippen molar-refractivity contribution in [3.05, 3.63) is 89.2 Å². The van der Waals surface area contributed by atoms with E-state index in [-0.39, 0.29) is 16.5 Å². The highest BCUT2D eigenvalue weighted by molar-refractivity contribution is 7.22. The SMILES string of the molecule is CCCCOc1ccc(C2C(=C(O)c3ccc(OCC)cc3)C(=O)C(=O)N2c2nc3ccc(F)cc3s2)cc1. The molecule has 0 aliphatic carbocycles. The van der Waals surface area contributed by atoms with Gasteiger partial charge in [-0.05, 0) is 73.5 Å². The molecular weight excluding hydrogens is 519 g/mol. The Morgan fingerprint density at radius 3 is 2.38 bits per heavy atom. The number of halogens is 1. The van der Waals surface area contributed by atoms with Crippen LogP contribution >= 0.6 is 11.3 Å². The molecule has 1 fully saturated rings. The van der Waals surface area contributed by atoms with Gasteiger partial charge in [0.25, 0.3) is 5.78 Å². The normalized spacial score (nSPS) is 16.7. The van der Waals surface area contributed by atoms with Crippen LogP contribution in [0.4, 0.5) is 9.52 Å². The molecule has 1 saturated heterocycles. The average Bonchev–Trinajstić information content (AvgIpc) is 3.47. The summed E-state index contributed by atoms with van der Waals surface area (Å²) in [6.07, 6.45) is 1.92. The van der Waals surface area contributed by atoms with Crippen molar-refractivity contribution in [2.75, 3.05) is 18.1 Å². The number of aliphatic hydroxyl groups is 1. The first-order valence-corrected chi connectivity index (χ1v) is 13.6. The van der Waals surface area contributed by atoms with Gasteiger partial charge in [0.1, 0.15) is 23.1 Å². The van der Waals surface area contributed by atoms with E-state index in [1.54, 1.807) is 48.5 Å². The second-order valence-corrected chi connectivity index (χ2v) is 10.0. The van der Waals surface area contributed by atoms with E-state index in [4.69, 9.17) is 9.47 Å². The van der Waals surface area contributed by atoms with Gasteiger partial charge in [-0.2, -0.15) is 0 Å². The minimum atomic E-state index is -0.952. The zero-order chi connectivity index (χ0) is 27.5. The molecule has 1 unspecified atom stereocenters. The molecule has 4 aromatic rings. The van der Waals surface area contributed by atoms with Crippen LogP contribution in [0.2, 0.25) is 0 Å². The molecule has 1 amide bonds. The Morgan fingerprint density at radius 2 is 1.69 bits per heavy atom. The van der Waals surface area contributed by atoms with Crippen LogP contribution in [-0.4, -0.2) is 35.0 Å². The Balaban J connectivity index is 1.61. The lowest BCUT2D eigenvalue weighted by Gasteiger charge is -2.23. The predicted octanol–water partition coefficient (Wildman–Crippen LogP) is 6.64. The van der Waals surface area contributed by atoms with E-state index in [9.17, 15) is 19.1 Å². The van der Waals surface area contributed by atoms with Gasteiger partial charge in [-0.3, -0.25) is 14.5 Å². The summed E-state index contributed by atoms with van der Waals surface area (Å²) in [5.41, 5.74) is 1.40. The summed E-state index contributed by atoms with van der Waals surface area (Å²) < 4.78 is 25.7. The van der Waals surface area contributed by atoms with E-state index in [0.29, 0.717) is 46.1 Å². The number of ketones is 1. The lowest BCUT2D eigenvalue weighted by Crippen LogP contribution is -2.29. The van der Waals surface area contributed by atoms with Gasteiger partial charge >= 0.3 is 5.91 Å². The molecule has 1 aliphatic heterocycles. The van der Waals surface area contributed by atoms with Crippen molar-refractivity contribution in [1.82, 2.24) is 4.98 Å². The van der Waals surface area contributed by atoms with Crippen LogP contribution in [0, 0.1) is 5.82 Å². The summed E-state index contributed by atoms with van der Waals surface area (Å²) in [6, 6.07) is 16.9. The fourth-order valence-electron chi connectivity index (χ4n) is 4.45. The number of Topliss-reactive ketones (excluding diaryl/α,β-unsaturated/α-hetero) is 1. The number of hydrogen-bond donors (Lipinski definition) is 1. The lowest BCUT2D eigenvalue weighted by atomic mass is 9.95. The number of unbranched alkanes of at least 4 members (excludes halogenated alkanes) is 1. The van der Waals surface area contributed by atoms with Gasteiger partial charge in [0, 0.05) is 5.56 Å². The molecule has 2 heterocycles. The number of aromatic nitrogens is 1. The second kappa shape index (κ2) is 11.2. The molecule has 200 valence electrons. The van der Waals surface area contributed by atoms with Crippen LogP contribution in [0.15, 0.2) is 72.3 Å². The lowest BCUT2D eigenvalue weighted by molar-refractivity contribution is -0.132. The number of aliphatic hydroxyl groups excluding tert-OH is 1. The molecule has 0 spiro atoms. The predicted molar refractivity (Wildman–Crippen MR) is 149 cm³/mol. The monoisotopic (exact) mass is 546 g/mol. The first-order valence-electron chi connectivity index (χ1n) is 12.7. The molecule has 7 nitrogen and oxygen atoms in total. The summed E-state index contributed by atoms with van der Waals surface area (Å²) in [5.74, 6) is -1.11. The van der Waals surface area contributed by atoms with Gasteiger partial charge in [-0.1, -0.05) is 36.8 Å². The smallest absolute Gasteiger partial charge is 0.301 e. The molecule has 0 radical (unpaired) electrons. The third-order valence-corrected chi connectivity index (χ3v) is 7.41. The molecule has 5 rings (SSSR count). The van der Waals surface area contributed by atoms with Crippen LogP contribution in [0.25, 0.3) is 16.0 Å². The Bertz CT molecular complexity index is 1550. The fourth-order valence-corrected chi connectivity index (χ4v) is 5.46. The van der Waals surface area contributed by atoms with E-state index in [0.717, 1.165) is 24.2 Å². The van der Waals surface area contributed by atoms with E-state index in [1.807, 2.05) is 6.92 Å². The summed E-state index contributed by atoms with van der Waals surface area (Å²) in [4.78, 5) is 32.7. The van der Waals surface area contributed by atoms with E-state index in [1.165, 1.54) is 23.1 Å². The van der Waals surface area contributed by atoms with Gasteiger partial charge in [0.2, 0.25) is 0 Å². The number of anilines is 1. The summed E-state index contributed by atoms with van der Waals surface area (Å²) >= 11 is 1.10. The van der Waals surface area contributed by atoms with E-state index < -0.39 is 23.5 Å². The molecule has 39 heavy (non-hydrogen) atoms. The highest BCUT2D eigenvalue weighted by atomic mass is 32.1. The van der Waals surface area contributed by atoms with Gasteiger partial charge in [0.15, 0.2) is 5.13 Å². The Hall–Kier alpha value is -4.24. The molecule has 1 atom stereocenters. The van der Waals surface area contributed by atoms with Crippen molar-refractivity contribution in [1.29, 1.82) is 0 Å². The third kappa shape index (κ3) is 5.22. The number of carbonyl (C=O) groups is 2. The molecule has 0 bridgehead atoms. The maximum absolute atomic E-state index is 13.9. The molecule has 3 aromatic carbocycles. The molecule has 0 saturated carbocycles. The minimum Gasteiger partial charge on any atom is -0.507 e. The fraction of sp³-hybridized carbons (Fsp3) is 0.233. The third-order valence-electron chi connectivity index (χ3n) is 6.39. The quantitative estimate of drug-likeness (QED) is 0.110. The van der Waals surface area contributed by atoms with Crippen molar-refractivity contribution in [3.63, 3.8) is 0 Å². The van der Waals surface area contributed by atoms with E-state index in [2.05, 4.69) is 11.9 Å². The Kier molecular flexibility index (Phi) is 7.60. The standard InChI is InChI=1S/C30H27FN2O5S/c1-3-5-16-38-22-11-6-18(7-12-22)26-25(27(34)19-8-13-21(14-9-19)37-4-2)28(35)29(36)33(26)30-32-23-15-10-20(31)17-24(23)39-30/h6-15,17,26,34H,3-5,16H2,1-2H3. The zero-order valence-corrected chi connectivity index (χ0v) is 22.3. The number of nitrogens with zero attached hydrogens (tertiary/aromatic N) is 2. The van der Waals surface area contributed by atoms with Crippen LogP contribution in [-0.2, 0) is 9.59 Å². The van der Waals surface area contributed by atoms with Crippen molar-refractivity contribution in [2.45, 2.75) is 32.7 Å². The van der Waals surface area contributed by atoms with Crippen molar-refractivity contribution < 1.29 is 28.6 Å². The number of fused-ring (bicyclic) bond motifs is 1. The largest absolute Gasteiger partial charge is 0.507 e. The first-order chi connectivity index (χ1) is 18.9. The topological polar surface area (TPSA) is 89.0 Å². The number of rotatable bonds is 9. The number of carbonyl (C=O) groups excluding carboxylic acids is 2. The van der Waals surface area contributed by atoms with Crippen LogP contribution < -0.4 is 14.4 Å². The van der Waals surface area contributed by atoms with Gasteiger partial charge in [-0.15, -0.1) is 0 Å².